The van der Waals surface area contributed by atoms with Gasteiger partial charge in [0.15, 0.2) is 0 Å². The van der Waals surface area contributed by atoms with Crippen LogP contribution in [-0.4, -0.2) is 18.0 Å². The predicted octanol–water partition coefficient (Wildman–Crippen LogP) is 1.99. The number of fused-ring (bicyclic) bond motifs is 1. The third kappa shape index (κ3) is 0.721. The van der Waals surface area contributed by atoms with E-state index in [4.69, 9.17) is 0 Å². The summed E-state index contributed by atoms with van der Waals surface area (Å²) in [5.41, 5.74) is 2.02. The monoisotopic (exact) mass is 159 g/mol. The highest BCUT2D eigenvalue weighted by Gasteiger charge is 2.55. The summed E-state index contributed by atoms with van der Waals surface area (Å²) >= 11 is 0. The van der Waals surface area contributed by atoms with Crippen LogP contribution >= 0.6 is 0 Å². The molecule has 2 fully saturated rings. The van der Waals surface area contributed by atoms with Gasteiger partial charge in [-0.25, -0.2) is 0 Å². The van der Waals surface area contributed by atoms with Crippen molar-refractivity contribution >= 4 is 0 Å². The quantitative estimate of drug-likeness (QED) is 0.566. The van der Waals surface area contributed by atoms with Crippen molar-refractivity contribution in [1.82, 2.24) is 4.90 Å². The van der Waals surface area contributed by atoms with Gasteiger partial charge in [-0.2, -0.15) is 0 Å². The van der Waals surface area contributed by atoms with Crippen LogP contribution in [0.15, 0.2) is 30.3 Å². The van der Waals surface area contributed by atoms with Gasteiger partial charge in [-0.05, 0) is 24.9 Å². The first-order valence-electron chi connectivity index (χ1n) is 4.72. The van der Waals surface area contributed by atoms with Crippen LogP contribution in [0.3, 0.4) is 0 Å². The molecule has 0 N–H and O–H groups in total. The first kappa shape index (κ1) is 6.67. The van der Waals surface area contributed by atoms with Gasteiger partial charge < -0.3 is 0 Å². The van der Waals surface area contributed by atoms with E-state index in [1.54, 1.807) is 0 Å². The van der Waals surface area contributed by atoms with Crippen LogP contribution < -0.4 is 0 Å². The van der Waals surface area contributed by atoms with E-state index in [-0.39, 0.29) is 0 Å². The number of hydrogen-bond acceptors (Lipinski definition) is 1. The fourth-order valence-corrected chi connectivity index (χ4v) is 2.54. The molecule has 0 saturated carbocycles. The normalized spacial score (nSPS) is 37.8. The van der Waals surface area contributed by atoms with Gasteiger partial charge in [0.05, 0.1) is 5.54 Å². The second-order valence-corrected chi connectivity index (χ2v) is 3.92. The van der Waals surface area contributed by atoms with Crippen LogP contribution in [0, 0.1) is 0 Å². The lowest BCUT2D eigenvalue weighted by Crippen LogP contribution is -2.08. The molecule has 2 saturated heterocycles. The molecule has 0 amide bonds. The lowest BCUT2D eigenvalue weighted by Gasteiger charge is -2.09. The summed E-state index contributed by atoms with van der Waals surface area (Å²) in [5, 5.41) is 0. The Morgan fingerprint density at radius 3 is 2.58 bits per heavy atom. The fraction of sp³-hybridized carbons (Fsp3) is 0.455. The highest BCUT2D eigenvalue weighted by molar-refractivity contribution is 5.32. The SMILES string of the molecule is c1ccc(C23CCCN2C3)cc1. The Kier molecular flexibility index (Phi) is 1.17. The van der Waals surface area contributed by atoms with Crippen molar-refractivity contribution in [2.45, 2.75) is 18.4 Å². The van der Waals surface area contributed by atoms with Crippen LogP contribution in [0.2, 0.25) is 0 Å². The van der Waals surface area contributed by atoms with E-state index < -0.39 is 0 Å². The summed E-state index contributed by atoms with van der Waals surface area (Å²) in [6, 6.07) is 10.9. The third-order valence-electron chi connectivity index (χ3n) is 3.28. The minimum Gasteiger partial charge on any atom is -0.290 e. The zero-order valence-corrected chi connectivity index (χ0v) is 7.16. The molecular formula is C11H13N. The number of hydrogen-bond donors (Lipinski definition) is 0. The van der Waals surface area contributed by atoms with E-state index in [1.165, 1.54) is 31.5 Å². The van der Waals surface area contributed by atoms with Crippen LogP contribution in [0.4, 0.5) is 0 Å². The first-order valence-corrected chi connectivity index (χ1v) is 4.72. The zero-order chi connectivity index (χ0) is 8.02. The second kappa shape index (κ2) is 2.11. The summed E-state index contributed by atoms with van der Waals surface area (Å²) in [5.74, 6) is 0. The van der Waals surface area contributed by atoms with E-state index in [1.807, 2.05) is 0 Å². The molecule has 2 aliphatic rings. The molecule has 0 aliphatic carbocycles. The lowest BCUT2D eigenvalue weighted by atomic mass is 9.96. The standard InChI is InChI=1S/C11H13N/c1-2-5-10(6-3-1)11-7-4-8-12(11)9-11/h1-3,5-6H,4,7-9H2. The fourth-order valence-electron chi connectivity index (χ4n) is 2.54. The van der Waals surface area contributed by atoms with Crippen molar-refractivity contribution < 1.29 is 0 Å². The maximum absolute atomic E-state index is 2.59. The van der Waals surface area contributed by atoms with E-state index in [0.29, 0.717) is 5.54 Å². The van der Waals surface area contributed by atoms with Crippen LogP contribution in [0.1, 0.15) is 18.4 Å². The van der Waals surface area contributed by atoms with Gasteiger partial charge >= 0.3 is 0 Å². The molecule has 0 aromatic heterocycles. The van der Waals surface area contributed by atoms with Crippen LogP contribution in [0.25, 0.3) is 0 Å². The van der Waals surface area contributed by atoms with Gasteiger partial charge in [0.1, 0.15) is 0 Å². The summed E-state index contributed by atoms with van der Waals surface area (Å²) < 4.78 is 0. The van der Waals surface area contributed by atoms with Gasteiger partial charge in [-0.1, -0.05) is 30.3 Å². The zero-order valence-electron chi connectivity index (χ0n) is 7.16. The highest BCUT2D eigenvalue weighted by atomic mass is 15.4. The Morgan fingerprint density at radius 2 is 2.00 bits per heavy atom. The van der Waals surface area contributed by atoms with Crippen molar-refractivity contribution in [2.75, 3.05) is 13.1 Å². The minimum absolute atomic E-state index is 0.487. The lowest BCUT2D eigenvalue weighted by molar-refractivity contribution is 0.512. The molecule has 0 bridgehead atoms. The first-order chi connectivity index (χ1) is 5.92. The van der Waals surface area contributed by atoms with Gasteiger partial charge in [0.2, 0.25) is 0 Å². The van der Waals surface area contributed by atoms with Crippen molar-refractivity contribution in [2.24, 2.45) is 0 Å². The van der Waals surface area contributed by atoms with Gasteiger partial charge in [-0.15, -0.1) is 0 Å². The molecule has 1 heteroatoms. The van der Waals surface area contributed by atoms with E-state index >= 15 is 0 Å². The molecule has 0 spiro atoms. The molecule has 1 aromatic rings. The molecular weight excluding hydrogens is 146 g/mol. The van der Waals surface area contributed by atoms with Crippen LogP contribution in [0.5, 0.6) is 0 Å². The molecule has 1 aromatic carbocycles. The smallest absolute Gasteiger partial charge is 0.0590 e. The summed E-state index contributed by atoms with van der Waals surface area (Å²) in [6.07, 6.45) is 2.76. The molecule has 2 aliphatic heterocycles. The van der Waals surface area contributed by atoms with Gasteiger partial charge in [0.25, 0.3) is 0 Å². The predicted molar refractivity (Wildman–Crippen MR) is 48.9 cm³/mol. The molecule has 2 unspecified atom stereocenters. The Hall–Kier alpha value is -0.820. The largest absolute Gasteiger partial charge is 0.290 e. The van der Waals surface area contributed by atoms with Crippen molar-refractivity contribution in [3.05, 3.63) is 35.9 Å². The molecule has 62 valence electrons. The average molecular weight is 159 g/mol. The van der Waals surface area contributed by atoms with E-state index in [0.717, 1.165) is 0 Å². The van der Waals surface area contributed by atoms with Crippen LogP contribution in [-0.2, 0) is 5.54 Å². The molecule has 3 rings (SSSR count). The third-order valence-corrected chi connectivity index (χ3v) is 3.28. The van der Waals surface area contributed by atoms with Crippen molar-refractivity contribution in [3.63, 3.8) is 0 Å². The maximum atomic E-state index is 2.59. The molecule has 0 radical (unpaired) electrons. The van der Waals surface area contributed by atoms with E-state index in [9.17, 15) is 0 Å². The Bertz CT molecular complexity index is 293. The summed E-state index contributed by atoms with van der Waals surface area (Å²) in [7, 11) is 0. The molecule has 1 nitrogen and oxygen atoms in total. The molecule has 2 atom stereocenters. The Labute approximate surface area is 73.0 Å². The maximum Gasteiger partial charge on any atom is 0.0590 e. The number of piperidine rings is 1. The highest BCUT2D eigenvalue weighted by Crippen LogP contribution is 2.50. The number of rotatable bonds is 1. The Morgan fingerprint density at radius 1 is 1.17 bits per heavy atom. The van der Waals surface area contributed by atoms with Gasteiger partial charge in [-0.3, -0.25) is 4.90 Å². The van der Waals surface area contributed by atoms with E-state index in [2.05, 4.69) is 35.2 Å². The van der Waals surface area contributed by atoms with Crippen molar-refractivity contribution in [3.8, 4) is 0 Å². The second-order valence-electron chi connectivity index (χ2n) is 3.92. The summed E-state index contributed by atoms with van der Waals surface area (Å²) in [4.78, 5) is 2.59. The topological polar surface area (TPSA) is 3.01 Å². The number of benzene rings is 1. The molecule has 12 heavy (non-hydrogen) atoms. The minimum atomic E-state index is 0.487. The van der Waals surface area contributed by atoms with Gasteiger partial charge in [0, 0.05) is 6.54 Å². The summed E-state index contributed by atoms with van der Waals surface area (Å²) in [6.45, 7) is 2.62. The molecule has 2 heterocycles. The Balaban J connectivity index is 2.00. The van der Waals surface area contributed by atoms with Crippen molar-refractivity contribution in [1.29, 1.82) is 0 Å². The number of nitrogens with zero attached hydrogens (tertiary/aromatic N) is 1. The average Bonchev–Trinajstić information content (AvgIpc) is 2.72.